The van der Waals surface area contributed by atoms with Crippen LogP contribution in [0.4, 0.5) is 0 Å². The first-order chi connectivity index (χ1) is 8.24. The molecule has 3 nitrogen and oxygen atoms in total. The number of hydrogen-bond acceptors (Lipinski definition) is 3. The number of aliphatic hydroxyl groups excluding tert-OH is 1. The van der Waals surface area contributed by atoms with Gasteiger partial charge < -0.3 is 10.0 Å². The first-order valence-electron chi connectivity index (χ1n) is 7.37. The summed E-state index contributed by atoms with van der Waals surface area (Å²) in [4.78, 5) is 5.02. The quantitative estimate of drug-likeness (QED) is 0.808. The third-order valence-corrected chi connectivity index (χ3v) is 4.23. The van der Waals surface area contributed by atoms with Gasteiger partial charge in [-0.2, -0.15) is 0 Å². The number of rotatable bonds is 4. The average molecular weight is 240 g/mol. The molecule has 1 aliphatic carbocycles. The van der Waals surface area contributed by atoms with Crippen molar-refractivity contribution in [1.29, 1.82) is 0 Å². The Kier molecular flexibility index (Phi) is 5.26. The minimum absolute atomic E-state index is 0.181. The maximum atomic E-state index is 9.38. The number of piperazine rings is 1. The van der Waals surface area contributed by atoms with Gasteiger partial charge in [0, 0.05) is 39.3 Å². The molecule has 0 amide bonds. The number of aliphatic hydroxyl groups is 1. The molecule has 1 N–H and O–H groups in total. The van der Waals surface area contributed by atoms with Gasteiger partial charge in [0.1, 0.15) is 0 Å². The third-order valence-electron chi connectivity index (χ3n) is 4.23. The predicted molar refractivity (Wildman–Crippen MR) is 71.1 cm³/mol. The van der Waals surface area contributed by atoms with E-state index >= 15 is 0 Å². The summed E-state index contributed by atoms with van der Waals surface area (Å²) in [6.45, 7) is 8.72. The van der Waals surface area contributed by atoms with E-state index in [4.69, 9.17) is 0 Å². The lowest BCUT2D eigenvalue weighted by molar-refractivity contribution is 0.0711. The summed E-state index contributed by atoms with van der Waals surface area (Å²) in [5.41, 5.74) is 0. The van der Waals surface area contributed by atoms with Crippen molar-refractivity contribution in [3.05, 3.63) is 0 Å². The monoisotopic (exact) mass is 240 g/mol. The van der Waals surface area contributed by atoms with Crippen LogP contribution in [-0.4, -0.2) is 60.3 Å². The van der Waals surface area contributed by atoms with Gasteiger partial charge in [0.15, 0.2) is 0 Å². The summed E-state index contributed by atoms with van der Waals surface area (Å²) in [5, 5.41) is 9.38. The lowest BCUT2D eigenvalue weighted by Gasteiger charge is -2.37. The van der Waals surface area contributed by atoms with Gasteiger partial charge in [-0.15, -0.1) is 0 Å². The van der Waals surface area contributed by atoms with Gasteiger partial charge in [-0.3, -0.25) is 4.90 Å². The van der Waals surface area contributed by atoms with E-state index in [2.05, 4.69) is 9.80 Å². The van der Waals surface area contributed by atoms with Crippen molar-refractivity contribution in [1.82, 2.24) is 9.80 Å². The molecule has 0 aromatic carbocycles. The fourth-order valence-corrected chi connectivity index (χ4v) is 3.26. The van der Waals surface area contributed by atoms with Crippen LogP contribution in [0, 0.1) is 5.92 Å². The second-order valence-corrected chi connectivity index (χ2v) is 5.95. The zero-order valence-electron chi connectivity index (χ0n) is 11.3. The largest absolute Gasteiger partial charge is 0.392 e. The Hall–Kier alpha value is -0.120. The molecule has 0 spiro atoms. The molecule has 1 saturated heterocycles. The molecule has 0 aromatic rings. The second-order valence-electron chi connectivity index (χ2n) is 5.95. The van der Waals surface area contributed by atoms with E-state index < -0.39 is 0 Å². The van der Waals surface area contributed by atoms with Crippen molar-refractivity contribution >= 4 is 0 Å². The van der Waals surface area contributed by atoms with Crippen LogP contribution in [-0.2, 0) is 0 Å². The van der Waals surface area contributed by atoms with Crippen LogP contribution in [0.15, 0.2) is 0 Å². The Morgan fingerprint density at radius 3 is 2.18 bits per heavy atom. The Balaban J connectivity index is 1.64. The highest BCUT2D eigenvalue weighted by Crippen LogP contribution is 2.24. The Labute approximate surface area is 106 Å². The molecule has 1 atom stereocenters. The van der Waals surface area contributed by atoms with Crippen molar-refractivity contribution < 1.29 is 5.11 Å². The maximum Gasteiger partial charge on any atom is 0.0639 e. The number of nitrogens with zero attached hydrogens (tertiary/aromatic N) is 2. The average Bonchev–Trinajstić information content (AvgIpc) is 2.32. The molecule has 0 bridgehead atoms. The van der Waals surface area contributed by atoms with Gasteiger partial charge in [0.25, 0.3) is 0 Å². The van der Waals surface area contributed by atoms with Gasteiger partial charge in [-0.25, -0.2) is 0 Å². The zero-order chi connectivity index (χ0) is 12.1. The molecule has 2 rings (SSSR count). The molecule has 3 heteroatoms. The topological polar surface area (TPSA) is 26.7 Å². The summed E-state index contributed by atoms with van der Waals surface area (Å²) in [5.74, 6) is 0.965. The fraction of sp³-hybridized carbons (Fsp3) is 1.00. The second kappa shape index (κ2) is 6.72. The summed E-state index contributed by atoms with van der Waals surface area (Å²) >= 11 is 0. The van der Waals surface area contributed by atoms with Gasteiger partial charge in [0.05, 0.1) is 6.10 Å². The standard InChI is InChI=1S/C14H28N2O/c1-13(17)11-15-7-9-16(10-8-15)12-14-5-3-2-4-6-14/h13-14,17H,2-12H2,1H3/t13-/m0/s1. The van der Waals surface area contributed by atoms with E-state index in [9.17, 15) is 5.11 Å². The van der Waals surface area contributed by atoms with E-state index in [1.165, 1.54) is 51.7 Å². The smallest absolute Gasteiger partial charge is 0.0639 e. The van der Waals surface area contributed by atoms with Crippen LogP contribution in [0.25, 0.3) is 0 Å². The molecule has 1 saturated carbocycles. The summed E-state index contributed by atoms with van der Waals surface area (Å²) in [7, 11) is 0. The highest BCUT2D eigenvalue weighted by molar-refractivity contribution is 4.76. The Bertz CT molecular complexity index is 206. The highest BCUT2D eigenvalue weighted by atomic mass is 16.3. The van der Waals surface area contributed by atoms with Crippen LogP contribution in [0.3, 0.4) is 0 Å². The Morgan fingerprint density at radius 1 is 1.00 bits per heavy atom. The molecule has 2 fully saturated rings. The molecular weight excluding hydrogens is 212 g/mol. The number of β-amino-alcohol motifs (C(OH)–C–C–N with tert-alkyl or cyclic N) is 1. The van der Waals surface area contributed by atoms with Crippen LogP contribution in [0.2, 0.25) is 0 Å². The van der Waals surface area contributed by atoms with Crippen molar-refractivity contribution in [3.8, 4) is 0 Å². The minimum atomic E-state index is -0.181. The van der Waals surface area contributed by atoms with Gasteiger partial charge in [-0.05, 0) is 25.7 Å². The lowest BCUT2D eigenvalue weighted by Crippen LogP contribution is -2.49. The molecule has 1 aliphatic heterocycles. The first-order valence-corrected chi connectivity index (χ1v) is 7.37. The predicted octanol–water partition coefficient (Wildman–Crippen LogP) is 1.57. The molecule has 0 aromatic heterocycles. The van der Waals surface area contributed by atoms with Gasteiger partial charge in [-0.1, -0.05) is 19.3 Å². The van der Waals surface area contributed by atoms with Crippen molar-refractivity contribution in [3.63, 3.8) is 0 Å². The van der Waals surface area contributed by atoms with Gasteiger partial charge in [0.2, 0.25) is 0 Å². The SMILES string of the molecule is C[C@H](O)CN1CCN(CC2CCCCC2)CC1. The zero-order valence-corrected chi connectivity index (χ0v) is 11.3. The molecule has 2 aliphatic rings. The van der Waals surface area contributed by atoms with E-state index in [0.717, 1.165) is 25.6 Å². The van der Waals surface area contributed by atoms with Crippen molar-refractivity contribution in [2.45, 2.75) is 45.1 Å². The third kappa shape index (κ3) is 4.57. The lowest BCUT2D eigenvalue weighted by atomic mass is 9.89. The first kappa shape index (κ1) is 13.3. The normalized spacial score (nSPS) is 27.2. The van der Waals surface area contributed by atoms with E-state index in [1.807, 2.05) is 6.92 Å². The van der Waals surface area contributed by atoms with E-state index in [0.29, 0.717) is 0 Å². The molecular formula is C14H28N2O. The van der Waals surface area contributed by atoms with Crippen molar-refractivity contribution in [2.75, 3.05) is 39.3 Å². The minimum Gasteiger partial charge on any atom is -0.392 e. The van der Waals surface area contributed by atoms with Crippen LogP contribution < -0.4 is 0 Å². The van der Waals surface area contributed by atoms with Gasteiger partial charge >= 0.3 is 0 Å². The fourth-order valence-electron chi connectivity index (χ4n) is 3.26. The van der Waals surface area contributed by atoms with E-state index in [1.54, 1.807) is 0 Å². The molecule has 0 unspecified atom stereocenters. The van der Waals surface area contributed by atoms with Crippen LogP contribution >= 0.6 is 0 Å². The summed E-state index contributed by atoms with van der Waals surface area (Å²) in [6, 6.07) is 0. The van der Waals surface area contributed by atoms with E-state index in [-0.39, 0.29) is 6.10 Å². The summed E-state index contributed by atoms with van der Waals surface area (Å²) < 4.78 is 0. The molecule has 0 radical (unpaired) electrons. The molecule has 100 valence electrons. The highest BCUT2D eigenvalue weighted by Gasteiger charge is 2.21. The molecule has 17 heavy (non-hydrogen) atoms. The van der Waals surface area contributed by atoms with Crippen molar-refractivity contribution in [2.24, 2.45) is 5.92 Å². The summed E-state index contributed by atoms with van der Waals surface area (Å²) in [6.07, 6.45) is 7.08. The van der Waals surface area contributed by atoms with Crippen LogP contribution in [0.1, 0.15) is 39.0 Å². The Morgan fingerprint density at radius 2 is 1.59 bits per heavy atom. The maximum absolute atomic E-state index is 9.38. The number of hydrogen-bond donors (Lipinski definition) is 1. The molecule has 1 heterocycles. The van der Waals surface area contributed by atoms with Crippen LogP contribution in [0.5, 0.6) is 0 Å².